The molecule has 0 bridgehead atoms. The molecular weight excluding hydrogens is 312 g/mol. The van der Waals surface area contributed by atoms with Crippen molar-refractivity contribution < 1.29 is 9.53 Å². The van der Waals surface area contributed by atoms with Crippen LogP contribution in [0, 0.1) is 0 Å². The van der Waals surface area contributed by atoms with E-state index in [-0.39, 0.29) is 5.97 Å². The summed E-state index contributed by atoms with van der Waals surface area (Å²) < 4.78 is 5.19. The molecule has 4 rings (SSSR count). The van der Waals surface area contributed by atoms with E-state index in [9.17, 15) is 4.79 Å². The number of fused-ring (bicyclic) bond motifs is 1. The number of rotatable bonds is 3. The van der Waals surface area contributed by atoms with Crippen LogP contribution in [0.3, 0.4) is 0 Å². The summed E-state index contributed by atoms with van der Waals surface area (Å²) in [5, 5.41) is 3.46. The summed E-state index contributed by atoms with van der Waals surface area (Å²) in [4.78, 5) is 17.7. The van der Waals surface area contributed by atoms with E-state index >= 15 is 0 Å². The molecule has 2 aromatic rings. The molecule has 1 saturated carbocycles. The highest BCUT2D eigenvalue weighted by atomic mass is 16.5. The van der Waals surface area contributed by atoms with Crippen molar-refractivity contribution >= 4 is 11.8 Å². The monoisotopic (exact) mass is 336 g/mol. The zero-order chi connectivity index (χ0) is 17.2. The van der Waals surface area contributed by atoms with E-state index in [0.717, 1.165) is 60.4 Å². The molecular formula is C21H24N2O2. The molecule has 0 radical (unpaired) electrons. The normalized spacial score (nSPS) is 17.0. The van der Waals surface area contributed by atoms with Gasteiger partial charge in [0.2, 0.25) is 0 Å². The van der Waals surface area contributed by atoms with Gasteiger partial charge in [-0.25, -0.2) is 9.78 Å². The largest absolute Gasteiger partial charge is 0.465 e. The minimum Gasteiger partial charge on any atom is -0.465 e. The first-order valence-electron chi connectivity index (χ1n) is 9.24. The fourth-order valence-electron chi connectivity index (χ4n) is 4.23. The third-order valence-electron chi connectivity index (χ3n) is 5.42. The van der Waals surface area contributed by atoms with Crippen molar-refractivity contribution in [2.24, 2.45) is 0 Å². The molecule has 0 atom stereocenters. The average Bonchev–Trinajstić information content (AvgIpc) is 3.21. The Labute approximate surface area is 148 Å². The molecule has 4 nitrogen and oxygen atoms in total. The van der Waals surface area contributed by atoms with Gasteiger partial charge in [-0.2, -0.15) is 0 Å². The summed E-state index contributed by atoms with van der Waals surface area (Å²) in [5.74, 6) is 1.05. The third kappa shape index (κ3) is 2.90. The maximum atomic E-state index is 12.8. The Morgan fingerprint density at radius 2 is 1.92 bits per heavy atom. The predicted octanol–water partition coefficient (Wildman–Crippen LogP) is 4.55. The van der Waals surface area contributed by atoms with Gasteiger partial charge in [0, 0.05) is 23.6 Å². The zero-order valence-electron chi connectivity index (χ0n) is 14.7. The van der Waals surface area contributed by atoms with Gasteiger partial charge in [0.05, 0.1) is 18.4 Å². The number of carbonyl (C=O) groups excluding carboxylic acids is 1. The molecule has 2 heterocycles. The molecule has 2 aliphatic rings. The van der Waals surface area contributed by atoms with E-state index in [2.05, 4.69) is 17.4 Å². The number of hydrogen-bond donors (Lipinski definition) is 1. The minimum absolute atomic E-state index is 0.262. The summed E-state index contributed by atoms with van der Waals surface area (Å²) in [6.45, 7) is 0.940. The number of pyridine rings is 1. The van der Waals surface area contributed by atoms with E-state index in [1.54, 1.807) is 0 Å². The smallest absolute Gasteiger partial charge is 0.340 e. The van der Waals surface area contributed by atoms with Gasteiger partial charge in [-0.15, -0.1) is 0 Å². The number of esters is 1. The first kappa shape index (κ1) is 16.1. The summed E-state index contributed by atoms with van der Waals surface area (Å²) >= 11 is 0. The van der Waals surface area contributed by atoms with E-state index in [1.807, 2.05) is 18.2 Å². The number of hydrogen-bond acceptors (Lipinski definition) is 4. The number of ether oxygens (including phenoxy) is 1. The summed E-state index contributed by atoms with van der Waals surface area (Å²) in [6, 6.07) is 10.2. The highest BCUT2D eigenvalue weighted by molar-refractivity contribution is 6.00. The quantitative estimate of drug-likeness (QED) is 0.835. The second-order valence-electron chi connectivity index (χ2n) is 6.94. The summed E-state index contributed by atoms with van der Waals surface area (Å²) in [6.07, 6.45) is 6.61. The molecule has 4 heteroatoms. The minimum atomic E-state index is -0.262. The van der Waals surface area contributed by atoms with Crippen LogP contribution in [0.1, 0.15) is 59.6 Å². The van der Waals surface area contributed by atoms with Crippen LogP contribution in [0.15, 0.2) is 30.3 Å². The zero-order valence-corrected chi connectivity index (χ0v) is 14.7. The predicted molar refractivity (Wildman–Crippen MR) is 99.0 cm³/mol. The first-order valence-corrected chi connectivity index (χ1v) is 9.24. The van der Waals surface area contributed by atoms with Gasteiger partial charge in [0.15, 0.2) is 0 Å². The van der Waals surface area contributed by atoms with Crippen LogP contribution in [0.2, 0.25) is 0 Å². The fourth-order valence-corrected chi connectivity index (χ4v) is 4.23. The standard InChI is InChI=1S/C21H24N2O2/c1-25-21(24)18-17(14-8-3-2-4-9-14)16-12-7-13-22-20(16)23-19(18)15-10-5-6-11-15/h2-4,8-9,15H,5-7,10-13H2,1H3,(H,22,23). The van der Waals surface area contributed by atoms with Crippen molar-refractivity contribution in [1.29, 1.82) is 0 Å². The number of methoxy groups -OCH3 is 1. The number of aromatic nitrogens is 1. The van der Waals surface area contributed by atoms with E-state index in [1.165, 1.54) is 20.0 Å². The van der Waals surface area contributed by atoms with Crippen molar-refractivity contribution in [1.82, 2.24) is 4.98 Å². The molecule has 0 amide bonds. The highest BCUT2D eigenvalue weighted by Gasteiger charge is 2.31. The second kappa shape index (κ2) is 6.87. The molecule has 1 aromatic carbocycles. The lowest BCUT2D eigenvalue weighted by atomic mass is 9.86. The Morgan fingerprint density at radius 3 is 2.64 bits per heavy atom. The summed E-state index contributed by atoms with van der Waals surface area (Å²) in [5.41, 5.74) is 4.86. The van der Waals surface area contributed by atoms with Crippen LogP contribution in [0.5, 0.6) is 0 Å². The Kier molecular flexibility index (Phi) is 4.43. The van der Waals surface area contributed by atoms with E-state index in [0.29, 0.717) is 11.5 Å². The van der Waals surface area contributed by atoms with Gasteiger partial charge in [-0.05, 0) is 31.2 Å². The van der Waals surface area contributed by atoms with Gasteiger partial charge in [-0.3, -0.25) is 0 Å². The molecule has 1 aliphatic heterocycles. The van der Waals surface area contributed by atoms with Gasteiger partial charge < -0.3 is 10.1 Å². The van der Waals surface area contributed by atoms with Gasteiger partial charge in [0.25, 0.3) is 0 Å². The van der Waals surface area contributed by atoms with Crippen molar-refractivity contribution in [3.05, 3.63) is 47.2 Å². The lowest BCUT2D eigenvalue weighted by molar-refractivity contribution is 0.0599. The van der Waals surface area contributed by atoms with Crippen molar-refractivity contribution in [2.75, 3.05) is 19.0 Å². The Balaban J connectivity index is 2.00. The number of nitrogens with one attached hydrogen (secondary N) is 1. The van der Waals surface area contributed by atoms with Gasteiger partial charge in [0.1, 0.15) is 5.82 Å². The first-order chi connectivity index (χ1) is 12.3. The van der Waals surface area contributed by atoms with Crippen LogP contribution >= 0.6 is 0 Å². The maximum Gasteiger partial charge on any atom is 0.340 e. The molecule has 1 fully saturated rings. The second-order valence-corrected chi connectivity index (χ2v) is 6.94. The van der Waals surface area contributed by atoms with Crippen molar-refractivity contribution in [3.8, 4) is 11.1 Å². The number of anilines is 1. The van der Waals surface area contributed by atoms with E-state index < -0.39 is 0 Å². The van der Waals surface area contributed by atoms with Gasteiger partial charge in [-0.1, -0.05) is 43.2 Å². The topological polar surface area (TPSA) is 51.2 Å². The Morgan fingerprint density at radius 1 is 1.16 bits per heavy atom. The van der Waals surface area contributed by atoms with Crippen molar-refractivity contribution in [3.63, 3.8) is 0 Å². The molecule has 25 heavy (non-hydrogen) atoms. The Hall–Kier alpha value is -2.36. The van der Waals surface area contributed by atoms with Crippen LogP contribution < -0.4 is 5.32 Å². The molecule has 0 saturated heterocycles. The summed E-state index contributed by atoms with van der Waals surface area (Å²) in [7, 11) is 1.47. The van der Waals surface area contributed by atoms with Crippen molar-refractivity contribution in [2.45, 2.75) is 44.4 Å². The Bertz CT molecular complexity index is 780. The SMILES string of the molecule is COC(=O)c1c(C2CCCC2)nc2c(c1-c1ccccc1)CCCN2. The van der Waals surface area contributed by atoms with Gasteiger partial charge >= 0.3 is 5.97 Å². The third-order valence-corrected chi connectivity index (χ3v) is 5.42. The molecule has 1 N–H and O–H groups in total. The van der Waals surface area contributed by atoms with Crippen LogP contribution in [-0.4, -0.2) is 24.6 Å². The fraction of sp³-hybridized carbons (Fsp3) is 0.429. The van der Waals surface area contributed by atoms with Crippen LogP contribution in [0.25, 0.3) is 11.1 Å². The average molecular weight is 336 g/mol. The number of carbonyl (C=O) groups is 1. The van der Waals surface area contributed by atoms with E-state index in [4.69, 9.17) is 9.72 Å². The number of benzene rings is 1. The maximum absolute atomic E-state index is 12.8. The molecule has 1 aliphatic carbocycles. The molecule has 1 aromatic heterocycles. The lowest BCUT2D eigenvalue weighted by Crippen LogP contribution is -2.20. The van der Waals surface area contributed by atoms with Crippen LogP contribution in [-0.2, 0) is 11.2 Å². The number of nitrogens with zero attached hydrogens (tertiary/aromatic N) is 1. The highest BCUT2D eigenvalue weighted by Crippen LogP contribution is 2.42. The van der Waals surface area contributed by atoms with Crippen LogP contribution in [0.4, 0.5) is 5.82 Å². The molecule has 0 spiro atoms. The molecule has 0 unspecified atom stereocenters. The molecule has 130 valence electrons. The lowest BCUT2D eigenvalue weighted by Gasteiger charge is -2.26.